The molecule has 0 bridgehead atoms. The van der Waals surface area contributed by atoms with Crippen molar-refractivity contribution in [2.24, 2.45) is 0 Å². The average molecular weight is 335 g/mol. The first-order chi connectivity index (χ1) is 11.0. The number of ether oxygens (including phenoxy) is 2. The van der Waals surface area contributed by atoms with Crippen molar-refractivity contribution < 1.29 is 19.1 Å². The van der Waals surface area contributed by atoms with Crippen LogP contribution in [0.15, 0.2) is 36.5 Å². The van der Waals surface area contributed by atoms with Gasteiger partial charge in [0.1, 0.15) is 0 Å². The molecular formula is C16H15ClN2O4. The first-order valence-corrected chi connectivity index (χ1v) is 7.11. The molecule has 0 saturated carbocycles. The lowest BCUT2D eigenvalue weighted by Gasteiger charge is -2.12. The van der Waals surface area contributed by atoms with E-state index in [2.05, 4.69) is 10.3 Å². The molecule has 2 rings (SSSR count). The van der Waals surface area contributed by atoms with Gasteiger partial charge >= 0.3 is 0 Å². The number of amides is 1. The number of aromatic nitrogens is 1. The van der Waals surface area contributed by atoms with Crippen molar-refractivity contribution in [3.8, 4) is 11.5 Å². The van der Waals surface area contributed by atoms with Gasteiger partial charge in [-0.1, -0.05) is 11.6 Å². The van der Waals surface area contributed by atoms with Crippen LogP contribution in [0.1, 0.15) is 17.3 Å². The summed E-state index contributed by atoms with van der Waals surface area (Å²) in [7, 11) is 1.46. The highest BCUT2D eigenvalue weighted by Crippen LogP contribution is 2.28. The third kappa shape index (κ3) is 4.43. The van der Waals surface area contributed by atoms with Crippen molar-refractivity contribution in [1.29, 1.82) is 0 Å². The van der Waals surface area contributed by atoms with Gasteiger partial charge in [-0.05, 0) is 37.3 Å². The molecule has 0 aliphatic heterocycles. The smallest absolute Gasteiger partial charge is 0.262 e. The van der Waals surface area contributed by atoms with Gasteiger partial charge in [-0.3, -0.25) is 9.59 Å². The number of pyridine rings is 1. The molecule has 0 radical (unpaired) electrons. The molecule has 1 aromatic heterocycles. The largest absolute Gasteiger partial charge is 0.493 e. The van der Waals surface area contributed by atoms with Gasteiger partial charge in [0.15, 0.2) is 29.0 Å². The first kappa shape index (κ1) is 16.8. The Morgan fingerprint density at radius 2 is 2.04 bits per heavy atom. The summed E-state index contributed by atoms with van der Waals surface area (Å²) in [5, 5.41) is 2.79. The lowest BCUT2D eigenvalue weighted by molar-refractivity contribution is -0.118. The van der Waals surface area contributed by atoms with Crippen molar-refractivity contribution in [3.05, 3.63) is 47.2 Å². The summed E-state index contributed by atoms with van der Waals surface area (Å²) in [6.45, 7) is 1.22. The first-order valence-electron chi connectivity index (χ1n) is 6.73. The van der Waals surface area contributed by atoms with Gasteiger partial charge in [0.25, 0.3) is 5.91 Å². The summed E-state index contributed by atoms with van der Waals surface area (Å²) in [6.07, 6.45) is 1.52. The van der Waals surface area contributed by atoms with Gasteiger partial charge in [0.2, 0.25) is 0 Å². The lowest BCUT2D eigenvalue weighted by atomic mass is 10.1. The molecule has 1 heterocycles. The molecule has 1 aromatic carbocycles. The minimum absolute atomic E-state index is 0.0844. The maximum absolute atomic E-state index is 11.9. The van der Waals surface area contributed by atoms with Crippen molar-refractivity contribution in [2.75, 3.05) is 19.0 Å². The van der Waals surface area contributed by atoms with E-state index < -0.39 is 5.91 Å². The molecule has 0 unspecified atom stereocenters. The summed E-state index contributed by atoms with van der Waals surface area (Å²) in [5.41, 5.74) is 0.905. The summed E-state index contributed by atoms with van der Waals surface area (Å²) >= 11 is 5.86. The number of hydrogen-bond acceptors (Lipinski definition) is 5. The fraction of sp³-hybridized carbons (Fsp3) is 0.188. The molecule has 0 fully saturated rings. The van der Waals surface area contributed by atoms with E-state index in [1.807, 2.05) is 0 Å². The van der Waals surface area contributed by atoms with E-state index in [9.17, 15) is 9.59 Å². The molecule has 0 aliphatic carbocycles. The number of rotatable bonds is 6. The maximum Gasteiger partial charge on any atom is 0.262 e. The third-order valence-electron chi connectivity index (χ3n) is 2.96. The van der Waals surface area contributed by atoms with Crippen molar-refractivity contribution >= 4 is 29.0 Å². The summed E-state index contributed by atoms with van der Waals surface area (Å²) in [5.74, 6) is 0.270. The average Bonchev–Trinajstić information content (AvgIpc) is 2.54. The third-order valence-corrected chi connectivity index (χ3v) is 3.26. The number of halogens is 1. The van der Waals surface area contributed by atoms with Crippen LogP contribution in [0.5, 0.6) is 11.5 Å². The van der Waals surface area contributed by atoms with Gasteiger partial charge in [0, 0.05) is 11.8 Å². The van der Waals surface area contributed by atoms with Gasteiger partial charge in [-0.25, -0.2) is 4.98 Å². The summed E-state index contributed by atoms with van der Waals surface area (Å²) in [6, 6.07) is 8.05. The van der Waals surface area contributed by atoms with Gasteiger partial charge < -0.3 is 14.8 Å². The number of nitrogens with one attached hydrogen (secondary N) is 1. The van der Waals surface area contributed by atoms with Crippen LogP contribution in [0.3, 0.4) is 0 Å². The number of benzene rings is 1. The van der Waals surface area contributed by atoms with Crippen molar-refractivity contribution in [2.45, 2.75) is 6.92 Å². The molecule has 1 N–H and O–H groups in total. The van der Waals surface area contributed by atoms with Crippen LogP contribution in [0.4, 0.5) is 5.69 Å². The van der Waals surface area contributed by atoms with Crippen molar-refractivity contribution in [3.63, 3.8) is 0 Å². The monoisotopic (exact) mass is 334 g/mol. The summed E-state index contributed by atoms with van der Waals surface area (Å²) < 4.78 is 10.6. The molecule has 0 saturated heterocycles. The SMILES string of the molecule is COc1cc(C(C)=O)ccc1OCC(=O)Nc1cccnc1Cl. The highest BCUT2D eigenvalue weighted by molar-refractivity contribution is 6.32. The quantitative estimate of drug-likeness (QED) is 0.649. The Kier molecular flexibility index (Phi) is 5.54. The molecule has 0 spiro atoms. The van der Waals surface area contributed by atoms with Crippen LogP contribution in [-0.2, 0) is 4.79 Å². The predicted molar refractivity (Wildman–Crippen MR) is 86.4 cm³/mol. The predicted octanol–water partition coefficient (Wildman–Crippen LogP) is 2.96. The lowest BCUT2D eigenvalue weighted by Crippen LogP contribution is -2.20. The molecule has 1 amide bonds. The molecule has 0 atom stereocenters. The van der Waals surface area contributed by atoms with E-state index in [1.165, 1.54) is 20.2 Å². The Morgan fingerprint density at radius 3 is 2.70 bits per heavy atom. The second-order valence-electron chi connectivity index (χ2n) is 4.60. The Balaban J connectivity index is 2.01. The van der Waals surface area contributed by atoms with Crippen LogP contribution in [0.25, 0.3) is 0 Å². The van der Waals surface area contributed by atoms with Crippen LogP contribution in [0, 0.1) is 0 Å². The molecule has 7 heteroatoms. The second-order valence-corrected chi connectivity index (χ2v) is 4.96. The number of nitrogens with zero attached hydrogens (tertiary/aromatic N) is 1. The Bertz CT molecular complexity index is 734. The fourth-order valence-corrected chi connectivity index (χ4v) is 1.98. The Morgan fingerprint density at radius 1 is 1.26 bits per heavy atom. The molecule has 6 nitrogen and oxygen atoms in total. The van der Waals surface area contributed by atoms with Gasteiger partial charge in [0.05, 0.1) is 12.8 Å². The van der Waals surface area contributed by atoms with Crippen LogP contribution in [0.2, 0.25) is 5.15 Å². The number of ketones is 1. The highest BCUT2D eigenvalue weighted by Gasteiger charge is 2.11. The minimum atomic E-state index is -0.391. The zero-order chi connectivity index (χ0) is 16.8. The van der Waals surface area contributed by atoms with Gasteiger partial charge in [-0.15, -0.1) is 0 Å². The Labute approximate surface area is 138 Å². The fourth-order valence-electron chi connectivity index (χ4n) is 1.81. The number of anilines is 1. The van der Waals surface area contributed by atoms with Crippen LogP contribution >= 0.6 is 11.6 Å². The van der Waals surface area contributed by atoms with E-state index in [0.29, 0.717) is 22.7 Å². The van der Waals surface area contributed by atoms with Gasteiger partial charge in [-0.2, -0.15) is 0 Å². The number of Topliss-reactive ketones (excluding diaryl/α,β-unsaturated/α-hetero) is 1. The topological polar surface area (TPSA) is 77.5 Å². The number of carbonyl (C=O) groups is 2. The van der Waals surface area contributed by atoms with E-state index in [4.69, 9.17) is 21.1 Å². The normalized spacial score (nSPS) is 10.0. The zero-order valence-electron chi connectivity index (χ0n) is 12.6. The van der Waals surface area contributed by atoms with Crippen LogP contribution < -0.4 is 14.8 Å². The minimum Gasteiger partial charge on any atom is -0.493 e. The molecule has 120 valence electrons. The van der Waals surface area contributed by atoms with Crippen molar-refractivity contribution in [1.82, 2.24) is 4.98 Å². The molecule has 2 aromatic rings. The van der Waals surface area contributed by atoms with Crippen LogP contribution in [-0.4, -0.2) is 30.4 Å². The highest BCUT2D eigenvalue weighted by atomic mass is 35.5. The maximum atomic E-state index is 11.9. The van der Waals surface area contributed by atoms with E-state index in [-0.39, 0.29) is 17.5 Å². The second kappa shape index (κ2) is 7.60. The van der Waals surface area contributed by atoms with E-state index >= 15 is 0 Å². The summed E-state index contributed by atoms with van der Waals surface area (Å²) in [4.78, 5) is 27.1. The van der Waals surface area contributed by atoms with E-state index in [0.717, 1.165) is 0 Å². The molecule has 23 heavy (non-hydrogen) atoms. The zero-order valence-corrected chi connectivity index (χ0v) is 13.4. The molecule has 0 aliphatic rings. The number of hydrogen-bond donors (Lipinski definition) is 1. The molecular weight excluding hydrogens is 320 g/mol. The van der Waals surface area contributed by atoms with E-state index in [1.54, 1.807) is 30.3 Å². The number of methoxy groups -OCH3 is 1. The number of carbonyl (C=O) groups excluding carboxylic acids is 2. The Hall–Kier alpha value is -2.60. The standard InChI is InChI=1S/C16H15ClN2O4/c1-10(20)11-5-6-13(14(8-11)22-2)23-9-15(21)19-12-4-3-7-18-16(12)17/h3-8H,9H2,1-2H3,(H,19,21).